The number of benzene rings is 2. The van der Waals surface area contributed by atoms with Gasteiger partial charge < -0.3 is 10.4 Å². The van der Waals surface area contributed by atoms with Crippen LogP contribution in [-0.2, 0) is 16.0 Å². The molecule has 1 atom stereocenters. The molecule has 140 valence electrons. The second-order valence-corrected chi connectivity index (χ2v) is 6.82. The summed E-state index contributed by atoms with van der Waals surface area (Å²) in [6.45, 7) is 3.54. The van der Waals surface area contributed by atoms with Gasteiger partial charge in [-0.2, -0.15) is 0 Å². The number of rotatable bonds is 7. The van der Waals surface area contributed by atoms with Gasteiger partial charge in [-0.15, -0.1) is 0 Å². The van der Waals surface area contributed by atoms with Gasteiger partial charge in [0.1, 0.15) is 11.9 Å². The van der Waals surface area contributed by atoms with Crippen LogP contribution in [0.4, 0.5) is 0 Å². The Balaban J connectivity index is 1.83. The SMILES string of the molecule is CC(C)[C@H](NC(=O)CCc1nc2ccccc2n1-c1ccccc1)C(=O)O. The number of hydrogen-bond acceptors (Lipinski definition) is 3. The maximum atomic E-state index is 12.3. The van der Waals surface area contributed by atoms with Gasteiger partial charge in [0.2, 0.25) is 5.91 Å². The number of nitrogens with zero attached hydrogens (tertiary/aromatic N) is 2. The number of para-hydroxylation sites is 3. The first-order valence-corrected chi connectivity index (χ1v) is 9.01. The average molecular weight is 365 g/mol. The molecule has 0 aliphatic carbocycles. The zero-order chi connectivity index (χ0) is 19.4. The lowest BCUT2D eigenvalue weighted by molar-refractivity contribution is -0.143. The molecular formula is C21H23N3O3. The Morgan fingerprint density at radius 3 is 2.41 bits per heavy atom. The maximum Gasteiger partial charge on any atom is 0.326 e. The van der Waals surface area contributed by atoms with Crippen LogP contribution < -0.4 is 5.32 Å². The van der Waals surface area contributed by atoms with Crippen molar-refractivity contribution in [2.75, 3.05) is 0 Å². The van der Waals surface area contributed by atoms with Gasteiger partial charge in [0.15, 0.2) is 0 Å². The van der Waals surface area contributed by atoms with Crippen molar-refractivity contribution in [2.24, 2.45) is 5.92 Å². The normalized spacial score (nSPS) is 12.3. The monoisotopic (exact) mass is 365 g/mol. The number of hydrogen-bond donors (Lipinski definition) is 2. The molecule has 0 saturated heterocycles. The molecular weight excluding hydrogens is 342 g/mol. The lowest BCUT2D eigenvalue weighted by Crippen LogP contribution is -2.44. The molecule has 0 spiro atoms. The predicted octanol–water partition coefficient (Wildman–Crippen LogP) is 3.18. The predicted molar refractivity (Wildman–Crippen MR) is 104 cm³/mol. The van der Waals surface area contributed by atoms with E-state index >= 15 is 0 Å². The summed E-state index contributed by atoms with van der Waals surface area (Å²) in [5, 5.41) is 11.8. The highest BCUT2D eigenvalue weighted by Crippen LogP contribution is 2.22. The number of imidazole rings is 1. The van der Waals surface area contributed by atoms with Gasteiger partial charge in [0.25, 0.3) is 0 Å². The standard InChI is InChI=1S/C21H23N3O3/c1-14(2)20(21(26)27)23-19(25)13-12-18-22-16-10-6-7-11-17(16)24(18)15-8-4-3-5-9-15/h3-11,14,20H,12-13H2,1-2H3,(H,23,25)(H,26,27)/t20-/m0/s1. The van der Waals surface area contributed by atoms with E-state index in [1.54, 1.807) is 13.8 Å². The molecule has 0 saturated carbocycles. The molecule has 2 aromatic carbocycles. The lowest BCUT2D eigenvalue weighted by Gasteiger charge is -2.17. The van der Waals surface area contributed by atoms with Crippen molar-refractivity contribution in [1.82, 2.24) is 14.9 Å². The first kappa shape index (κ1) is 18.6. The molecule has 27 heavy (non-hydrogen) atoms. The van der Waals surface area contributed by atoms with Crippen LogP contribution in [0.1, 0.15) is 26.1 Å². The lowest BCUT2D eigenvalue weighted by atomic mass is 10.0. The molecule has 0 fully saturated rings. The van der Waals surface area contributed by atoms with Crippen molar-refractivity contribution in [3.63, 3.8) is 0 Å². The van der Waals surface area contributed by atoms with Gasteiger partial charge in [-0.05, 0) is 30.2 Å². The largest absolute Gasteiger partial charge is 0.480 e. The summed E-state index contributed by atoms with van der Waals surface area (Å²) in [6.07, 6.45) is 0.590. The summed E-state index contributed by atoms with van der Waals surface area (Å²) in [4.78, 5) is 28.2. The van der Waals surface area contributed by atoms with Crippen LogP contribution in [0.3, 0.4) is 0 Å². The van der Waals surface area contributed by atoms with Crippen LogP contribution >= 0.6 is 0 Å². The highest BCUT2D eigenvalue weighted by molar-refractivity contribution is 5.84. The van der Waals surface area contributed by atoms with E-state index in [0.29, 0.717) is 6.42 Å². The first-order valence-electron chi connectivity index (χ1n) is 9.01. The van der Waals surface area contributed by atoms with Crippen molar-refractivity contribution in [1.29, 1.82) is 0 Å². The first-order chi connectivity index (χ1) is 13.0. The molecule has 1 heterocycles. The van der Waals surface area contributed by atoms with Crippen LogP contribution in [0, 0.1) is 5.92 Å². The number of carboxylic acids is 1. The Morgan fingerprint density at radius 1 is 1.07 bits per heavy atom. The van der Waals surface area contributed by atoms with Gasteiger partial charge >= 0.3 is 5.97 Å². The van der Waals surface area contributed by atoms with E-state index in [1.165, 1.54) is 0 Å². The van der Waals surface area contributed by atoms with E-state index in [4.69, 9.17) is 0 Å². The van der Waals surface area contributed by atoms with E-state index in [0.717, 1.165) is 22.5 Å². The average Bonchev–Trinajstić information content (AvgIpc) is 3.03. The molecule has 6 nitrogen and oxygen atoms in total. The van der Waals surface area contributed by atoms with Crippen molar-refractivity contribution >= 4 is 22.9 Å². The van der Waals surface area contributed by atoms with Gasteiger partial charge in [0, 0.05) is 18.5 Å². The molecule has 1 aromatic heterocycles. The molecule has 0 radical (unpaired) electrons. The van der Waals surface area contributed by atoms with E-state index in [9.17, 15) is 14.7 Å². The van der Waals surface area contributed by atoms with Crippen LogP contribution in [0.2, 0.25) is 0 Å². The number of carboxylic acid groups (broad SMARTS) is 1. The van der Waals surface area contributed by atoms with Crippen molar-refractivity contribution in [3.8, 4) is 5.69 Å². The fourth-order valence-corrected chi connectivity index (χ4v) is 3.09. The second kappa shape index (κ2) is 8.03. The van der Waals surface area contributed by atoms with Gasteiger partial charge in [0.05, 0.1) is 11.0 Å². The number of carbonyl (C=O) groups excluding carboxylic acids is 1. The van der Waals surface area contributed by atoms with Crippen molar-refractivity contribution < 1.29 is 14.7 Å². The Labute approximate surface area is 157 Å². The Bertz CT molecular complexity index is 948. The maximum absolute atomic E-state index is 12.3. The molecule has 0 bridgehead atoms. The number of aliphatic carboxylic acids is 1. The fraction of sp³-hybridized carbons (Fsp3) is 0.286. The van der Waals surface area contributed by atoms with Gasteiger partial charge in [-0.1, -0.05) is 44.2 Å². The highest BCUT2D eigenvalue weighted by Gasteiger charge is 2.23. The summed E-state index contributed by atoms with van der Waals surface area (Å²) in [6, 6.07) is 16.8. The minimum Gasteiger partial charge on any atom is -0.480 e. The summed E-state index contributed by atoms with van der Waals surface area (Å²) in [5.74, 6) is -0.716. The van der Waals surface area contributed by atoms with E-state index in [2.05, 4.69) is 10.3 Å². The van der Waals surface area contributed by atoms with E-state index in [-0.39, 0.29) is 18.2 Å². The summed E-state index contributed by atoms with van der Waals surface area (Å²) < 4.78 is 2.04. The number of amides is 1. The topological polar surface area (TPSA) is 84.2 Å². The quantitative estimate of drug-likeness (QED) is 0.673. The Hall–Kier alpha value is -3.15. The zero-order valence-corrected chi connectivity index (χ0v) is 15.4. The van der Waals surface area contributed by atoms with Crippen molar-refractivity contribution in [3.05, 3.63) is 60.4 Å². The minimum atomic E-state index is -1.02. The number of nitrogens with one attached hydrogen (secondary N) is 1. The van der Waals surface area contributed by atoms with Crippen LogP contribution in [-0.4, -0.2) is 32.6 Å². The van der Waals surface area contributed by atoms with E-state index in [1.807, 2.05) is 59.2 Å². The molecule has 0 aliphatic heterocycles. The number of aromatic nitrogens is 2. The third-order valence-corrected chi connectivity index (χ3v) is 4.47. The van der Waals surface area contributed by atoms with Crippen LogP contribution in [0.15, 0.2) is 54.6 Å². The summed E-state index contributed by atoms with van der Waals surface area (Å²) >= 11 is 0. The Kier molecular flexibility index (Phi) is 5.54. The third kappa shape index (κ3) is 4.16. The summed E-state index contributed by atoms with van der Waals surface area (Å²) in [5.41, 5.74) is 2.82. The molecule has 2 N–H and O–H groups in total. The molecule has 3 rings (SSSR count). The molecule has 6 heteroatoms. The van der Waals surface area contributed by atoms with Gasteiger partial charge in [-0.25, -0.2) is 9.78 Å². The highest BCUT2D eigenvalue weighted by atomic mass is 16.4. The Morgan fingerprint density at radius 2 is 1.74 bits per heavy atom. The van der Waals surface area contributed by atoms with Crippen LogP contribution in [0.25, 0.3) is 16.7 Å². The minimum absolute atomic E-state index is 0.173. The second-order valence-electron chi connectivity index (χ2n) is 6.82. The van der Waals surface area contributed by atoms with Crippen LogP contribution in [0.5, 0.6) is 0 Å². The number of carbonyl (C=O) groups is 2. The smallest absolute Gasteiger partial charge is 0.326 e. The third-order valence-electron chi connectivity index (χ3n) is 4.47. The number of fused-ring (bicyclic) bond motifs is 1. The fourth-order valence-electron chi connectivity index (χ4n) is 3.09. The van der Waals surface area contributed by atoms with E-state index < -0.39 is 12.0 Å². The summed E-state index contributed by atoms with van der Waals surface area (Å²) in [7, 11) is 0. The van der Waals surface area contributed by atoms with Gasteiger partial charge in [-0.3, -0.25) is 9.36 Å². The molecule has 0 aliphatic rings. The molecule has 1 amide bonds. The molecule has 3 aromatic rings. The number of aryl methyl sites for hydroxylation is 1. The zero-order valence-electron chi connectivity index (χ0n) is 15.4. The van der Waals surface area contributed by atoms with Crippen molar-refractivity contribution in [2.45, 2.75) is 32.7 Å². The molecule has 0 unspecified atom stereocenters.